The van der Waals surface area contributed by atoms with E-state index in [-0.39, 0.29) is 0 Å². The van der Waals surface area contributed by atoms with Crippen LogP contribution in [0.5, 0.6) is 0 Å². The molecule has 3 rings (SSSR count). The van der Waals surface area contributed by atoms with Gasteiger partial charge in [-0.2, -0.15) is 0 Å². The molecule has 168 valence electrons. The van der Waals surface area contributed by atoms with E-state index in [1.54, 1.807) is 13.8 Å². The molecule has 2 fully saturated rings. The number of carbonyl (C=O) groups is 4. The van der Waals surface area contributed by atoms with Crippen molar-refractivity contribution in [2.24, 2.45) is 0 Å². The Hall–Kier alpha value is -3.10. The van der Waals surface area contributed by atoms with Crippen LogP contribution in [0.3, 0.4) is 0 Å². The minimum absolute atomic E-state index is 0.429. The molecule has 0 atom stereocenters. The Labute approximate surface area is 182 Å². The molecule has 2 aliphatic rings. The zero-order valence-corrected chi connectivity index (χ0v) is 18.1. The zero-order valence-electron chi connectivity index (χ0n) is 18.1. The van der Waals surface area contributed by atoms with Crippen LogP contribution in [0.25, 0.3) is 0 Å². The van der Waals surface area contributed by atoms with Crippen molar-refractivity contribution in [1.82, 2.24) is 10.2 Å². The minimum atomic E-state index is -0.977. The Morgan fingerprint density at radius 3 is 2.29 bits per heavy atom. The fraction of sp³-hybridized carbons (Fsp3) is 0.545. The van der Waals surface area contributed by atoms with Gasteiger partial charge in [0.1, 0.15) is 12.1 Å². The number of hydrogen-bond donors (Lipinski definition) is 2. The number of ether oxygens (including phenoxy) is 1. The van der Waals surface area contributed by atoms with Crippen molar-refractivity contribution in [2.75, 3.05) is 36.5 Å². The van der Waals surface area contributed by atoms with Crippen LogP contribution >= 0.6 is 0 Å². The predicted octanol–water partition coefficient (Wildman–Crippen LogP) is 2.27. The number of imide groups is 1. The summed E-state index contributed by atoms with van der Waals surface area (Å²) in [6.07, 6.45) is 4.49. The molecule has 0 aliphatic carbocycles. The summed E-state index contributed by atoms with van der Waals surface area (Å²) in [5, 5.41) is 5.32. The molecule has 0 unspecified atom stereocenters. The monoisotopic (exact) mass is 430 g/mol. The van der Waals surface area contributed by atoms with Gasteiger partial charge in [0.25, 0.3) is 11.8 Å². The van der Waals surface area contributed by atoms with E-state index < -0.39 is 42.5 Å². The second kappa shape index (κ2) is 9.80. The number of nitrogens with one attached hydrogen (secondary N) is 2. The first-order chi connectivity index (χ1) is 14.9. The molecule has 0 radical (unpaired) electrons. The average Bonchev–Trinajstić information content (AvgIpc) is 3.03. The van der Waals surface area contributed by atoms with E-state index in [4.69, 9.17) is 4.74 Å². The molecular weight excluding hydrogens is 400 g/mol. The smallest absolute Gasteiger partial charge is 0.326 e. The quantitative estimate of drug-likeness (QED) is 0.484. The third-order valence-corrected chi connectivity index (χ3v) is 5.98. The Morgan fingerprint density at radius 2 is 1.71 bits per heavy atom. The summed E-state index contributed by atoms with van der Waals surface area (Å²) in [5.41, 5.74) is 0.745. The highest BCUT2D eigenvalue weighted by molar-refractivity contribution is 6.08. The number of nitrogens with zero attached hydrogens (tertiary/aromatic N) is 2. The lowest BCUT2D eigenvalue weighted by atomic mass is 9.93. The van der Waals surface area contributed by atoms with E-state index in [2.05, 4.69) is 15.5 Å². The Kier molecular flexibility index (Phi) is 7.14. The van der Waals surface area contributed by atoms with Gasteiger partial charge in [0.15, 0.2) is 6.61 Å². The van der Waals surface area contributed by atoms with E-state index in [0.29, 0.717) is 18.5 Å². The van der Waals surface area contributed by atoms with Gasteiger partial charge in [0.05, 0.1) is 0 Å². The molecule has 1 aromatic rings. The lowest BCUT2D eigenvalue weighted by molar-refractivity contribution is -0.150. The summed E-state index contributed by atoms with van der Waals surface area (Å²) >= 11 is 0. The van der Waals surface area contributed by atoms with Crippen LogP contribution in [0, 0.1) is 0 Å². The number of benzene rings is 1. The molecule has 9 nitrogen and oxygen atoms in total. The van der Waals surface area contributed by atoms with Crippen LogP contribution in [-0.2, 0) is 19.1 Å². The van der Waals surface area contributed by atoms with Gasteiger partial charge >= 0.3 is 12.0 Å². The van der Waals surface area contributed by atoms with E-state index in [1.807, 2.05) is 24.3 Å². The number of piperidine rings is 1. The van der Waals surface area contributed by atoms with Crippen molar-refractivity contribution in [3.63, 3.8) is 0 Å². The van der Waals surface area contributed by atoms with Gasteiger partial charge in [0.2, 0.25) is 0 Å². The highest BCUT2D eigenvalue weighted by atomic mass is 16.5. The third-order valence-electron chi connectivity index (χ3n) is 5.98. The number of rotatable bonds is 8. The lowest BCUT2D eigenvalue weighted by Crippen LogP contribution is -2.46. The molecule has 2 heterocycles. The fourth-order valence-electron chi connectivity index (χ4n) is 3.97. The number of amides is 4. The van der Waals surface area contributed by atoms with Crippen LogP contribution in [0.4, 0.5) is 16.2 Å². The molecule has 4 amide bonds. The number of anilines is 2. The highest BCUT2D eigenvalue weighted by Crippen LogP contribution is 2.25. The summed E-state index contributed by atoms with van der Waals surface area (Å²) in [6.45, 7) is 4.65. The van der Waals surface area contributed by atoms with Crippen molar-refractivity contribution in [1.29, 1.82) is 0 Å². The highest BCUT2D eigenvalue weighted by Gasteiger charge is 2.49. The van der Waals surface area contributed by atoms with Gasteiger partial charge in [-0.05, 0) is 56.4 Å². The van der Waals surface area contributed by atoms with Crippen LogP contribution < -0.4 is 15.5 Å². The van der Waals surface area contributed by atoms with Gasteiger partial charge < -0.3 is 20.3 Å². The van der Waals surface area contributed by atoms with Gasteiger partial charge in [-0.3, -0.25) is 19.3 Å². The SMILES string of the molecule is CCC1(CC)NC(=O)N(CC(=O)OCC(=O)Nc2ccc(N3CCCCC3)cc2)C1=O. The first-order valence-corrected chi connectivity index (χ1v) is 10.8. The van der Waals surface area contributed by atoms with E-state index in [9.17, 15) is 19.2 Å². The Bertz CT molecular complexity index is 829. The summed E-state index contributed by atoms with van der Waals surface area (Å²) in [4.78, 5) is 51.9. The molecule has 0 aromatic heterocycles. The molecule has 0 bridgehead atoms. The normalized spacial score (nSPS) is 18.0. The van der Waals surface area contributed by atoms with Crippen LogP contribution in [0.2, 0.25) is 0 Å². The van der Waals surface area contributed by atoms with E-state index >= 15 is 0 Å². The number of hydrogen-bond acceptors (Lipinski definition) is 6. The average molecular weight is 431 g/mol. The second-order valence-electron chi connectivity index (χ2n) is 7.91. The molecule has 31 heavy (non-hydrogen) atoms. The summed E-state index contributed by atoms with van der Waals surface area (Å²) in [5.74, 6) is -1.76. The predicted molar refractivity (Wildman–Crippen MR) is 116 cm³/mol. The summed E-state index contributed by atoms with van der Waals surface area (Å²) in [6, 6.07) is 6.91. The lowest BCUT2D eigenvalue weighted by Gasteiger charge is -2.28. The Morgan fingerprint density at radius 1 is 1.06 bits per heavy atom. The number of urea groups is 1. The van der Waals surface area contributed by atoms with Crippen molar-refractivity contribution >= 4 is 35.2 Å². The molecule has 2 aliphatic heterocycles. The Balaban J connectivity index is 1.45. The van der Waals surface area contributed by atoms with Crippen molar-refractivity contribution in [3.8, 4) is 0 Å². The van der Waals surface area contributed by atoms with Crippen molar-refractivity contribution < 1.29 is 23.9 Å². The van der Waals surface area contributed by atoms with Crippen LogP contribution in [0.15, 0.2) is 24.3 Å². The van der Waals surface area contributed by atoms with Crippen molar-refractivity contribution in [3.05, 3.63) is 24.3 Å². The maximum atomic E-state index is 12.5. The molecule has 0 saturated carbocycles. The van der Waals surface area contributed by atoms with Crippen LogP contribution in [0.1, 0.15) is 46.0 Å². The maximum Gasteiger partial charge on any atom is 0.326 e. The molecule has 9 heteroatoms. The van der Waals surface area contributed by atoms with Gasteiger partial charge in [0, 0.05) is 24.5 Å². The van der Waals surface area contributed by atoms with E-state index in [1.165, 1.54) is 19.3 Å². The zero-order chi connectivity index (χ0) is 22.4. The topological polar surface area (TPSA) is 108 Å². The summed E-state index contributed by atoms with van der Waals surface area (Å²) in [7, 11) is 0. The minimum Gasteiger partial charge on any atom is -0.454 e. The van der Waals surface area contributed by atoms with Gasteiger partial charge in [-0.15, -0.1) is 0 Å². The molecule has 0 spiro atoms. The number of esters is 1. The summed E-state index contributed by atoms with van der Waals surface area (Å²) < 4.78 is 4.96. The van der Waals surface area contributed by atoms with E-state index in [0.717, 1.165) is 23.7 Å². The van der Waals surface area contributed by atoms with Gasteiger partial charge in [-0.1, -0.05) is 13.8 Å². The van der Waals surface area contributed by atoms with Crippen molar-refractivity contribution in [2.45, 2.75) is 51.5 Å². The molecule has 2 saturated heterocycles. The fourth-order valence-corrected chi connectivity index (χ4v) is 3.97. The van der Waals surface area contributed by atoms with Gasteiger partial charge in [-0.25, -0.2) is 4.79 Å². The first kappa shape index (κ1) is 22.6. The first-order valence-electron chi connectivity index (χ1n) is 10.8. The molecular formula is C22H30N4O5. The number of carbonyl (C=O) groups excluding carboxylic acids is 4. The maximum absolute atomic E-state index is 12.5. The molecule has 1 aromatic carbocycles. The molecule has 2 N–H and O–H groups in total. The largest absolute Gasteiger partial charge is 0.454 e. The standard InChI is InChI=1S/C22H30N4O5/c1-3-22(4-2)20(29)26(21(30)24-22)14-19(28)31-15-18(27)23-16-8-10-17(11-9-16)25-12-6-5-7-13-25/h8-11H,3-7,12-15H2,1-2H3,(H,23,27)(H,24,30). The third kappa shape index (κ3) is 5.15. The second-order valence-corrected chi connectivity index (χ2v) is 7.91. The van der Waals surface area contributed by atoms with Crippen LogP contribution in [-0.4, -0.2) is 60.5 Å².